The fourth-order valence-electron chi connectivity index (χ4n) is 0.991. The van der Waals surface area contributed by atoms with Crippen LogP contribution in [0.4, 0.5) is 13.2 Å². The second-order valence-electron chi connectivity index (χ2n) is 2.98. The Labute approximate surface area is 96.3 Å². The van der Waals surface area contributed by atoms with Gasteiger partial charge in [0.1, 0.15) is 0 Å². The molecule has 5 nitrogen and oxygen atoms in total. The van der Waals surface area contributed by atoms with Gasteiger partial charge in [-0.1, -0.05) is 5.16 Å². The monoisotopic (exact) mass is 263 g/mol. The first kappa shape index (κ1) is 11.7. The SMILES string of the molecule is O=C(Cc1nc(-c2cncs2)no1)C(F)(F)F. The van der Waals surface area contributed by atoms with Crippen molar-refractivity contribution in [3.63, 3.8) is 0 Å². The van der Waals surface area contributed by atoms with Gasteiger partial charge in [-0.25, -0.2) is 0 Å². The Morgan fingerprint density at radius 3 is 2.82 bits per heavy atom. The number of thiazole rings is 1. The Morgan fingerprint density at radius 2 is 2.24 bits per heavy atom. The molecule has 0 radical (unpaired) electrons. The maximum atomic E-state index is 12.0. The van der Waals surface area contributed by atoms with Crippen LogP contribution in [0.5, 0.6) is 0 Å². The lowest BCUT2D eigenvalue weighted by molar-refractivity contribution is -0.170. The molecule has 0 bridgehead atoms. The minimum atomic E-state index is -4.89. The van der Waals surface area contributed by atoms with Gasteiger partial charge in [0.15, 0.2) is 0 Å². The number of Topliss-reactive ketones (excluding diaryl/α,β-unsaturated/α-hetero) is 1. The van der Waals surface area contributed by atoms with E-state index in [0.29, 0.717) is 4.88 Å². The molecule has 0 aliphatic heterocycles. The molecule has 0 spiro atoms. The number of halogens is 3. The summed E-state index contributed by atoms with van der Waals surface area (Å²) in [4.78, 5) is 18.7. The Hall–Kier alpha value is -1.77. The summed E-state index contributed by atoms with van der Waals surface area (Å²) in [6.45, 7) is 0. The molecule has 0 unspecified atom stereocenters. The van der Waals surface area contributed by atoms with Gasteiger partial charge in [0.2, 0.25) is 17.5 Å². The van der Waals surface area contributed by atoms with Gasteiger partial charge < -0.3 is 4.52 Å². The van der Waals surface area contributed by atoms with Crippen molar-refractivity contribution in [2.45, 2.75) is 12.6 Å². The van der Waals surface area contributed by atoms with Crippen LogP contribution >= 0.6 is 11.3 Å². The van der Waals surface area contributed by atoms with Gasteiger partial charge in [-0.3, -0.25) is 9.78 Å². The summed E-state index contributed by atoms with van der Waals surface area (Å²) < 4.78 is 40.5. The third-order valence-electron chi connectivity index (χ3n) is 1.75. The van der Waals surface area contributed by atoms with Gasteiger partial charge in [0, 0.05) is 6.20 Å². The van der Waals surface area contributed by atoms with Crippen LogP contribution in [-0.2, 0) is 11.2 Å². The first-order valence-corrected chi connectivity index (χ1v) is 5.16. The second-order valence-corrected chi connectivity index (χ2v) is 3.86. The highest BCUT2D eigenvalue weighted by atomic mass is 32.1. The van der Waals surface area contributed by atoms with E-state index in [0.717, 1.165) is 0 Å². The summed E-state index contributed by atoms with van der Waals surface area (Å²) in [7, 11) is 0. The standard InChI is InChI=1S/C8H4F3N3O2S/c9-8(10,11)5(15)1-6-13-7(14-16-6)4-2-12-3-17-4/h2-3H,1H2. The highest BCUT2D eigenvalue weighted by Gasteiger charge is 2.39. The lowest BCUT2D eigenvalue weighted by atomic mass is 10.3. The number of carbonyl (C=O) groups is 1. The summed E-state index contributed by atoms with van der Waals surface area (Å²) in [5.41, 5.74) is 1.52. The van der Waals surface area contributed by atoms with E-state index in [1.165, 1.54) is 23.0 Å². The van der Waals surface area contributed by atoms with Gasteiger partial charge >= 0.3 is 6.18 Å². The second kappa shape index (κ2) is 4.24. The Balaban J connectivity index is 2.12. The van der Waals surface area contributed by atoms with Gasteiger partial charge in [-0.05, 0) is 0 Å². The summed E-state index contributed by atoms with van der Waals surface area (Å²) in [5, 5.41) is 3.46. The van der Waals surface area contributed by atoms with Crippen LogP contribution < -0.4 is 0 Å². The average molecular weight is 263 g/mol. The van der Waals surface area contributed by atoms with Crippen molar-refractivity contribution < 1.29 is 22.5 Å². The highest BCUT2D eigenvalue weighted by Crippen LogP contribution is 2.22. The van der Waals surface area contributed by atoms with Crippen molar-refractivity contribution in [1.82, 2.24) is 15.1 Å². The van der Waals surface area contributed by atoms with Crippen LogP contribution in [0.3, 0.4) is 0 Å². The number of aromatic nitrogens is 3. The van der Waals surface area contributed by atoms with Gasteiger partial charge in [-0.15, -0.1) is 11.3 Å². The zero-order valence-electron chi connectivity index (χ0n) is 8.06. The normalized spacial score (nSPS) is 11.7. The van der Waals surface area contributed by atoms with Crippen LogP contribution in [0.2, 0.25) is 0 Å². The molecule has 90 valence electrons. The first-order chi connectivity index (χ1) is 7.97. The molecule has 2 aromatic heterocycles. The van der Waals surface area contributed by atoms with Crippen LogP contribution in [0.1, 0.15) is 5.89 Å². The van der Waals surface area contributed by atoms with Gasteiger partial charge in [-0.2, -0.15) is 18.2 Å². The minimum Gasteiger partial charge on any atom is -0.338 e. The molecule has 0 N–H and O–H groups in total. The molecule has 0 fully saturated rings. The van der Waals surface area contributed by atoms with E-state index in [9.17, 15) is 18.0 Å². The summed E-state index contributed by atoms with van der Waals surface area (Å²) in [6, 6.07) is 0. The third kappa shape index (κ3) is 2.67. The molecule has 9 heteroatoms. The lowest BCUT2D eigenvalue weighted by Gasteiger charge is -2.00. The number of hydrogen-bond donors (Lipinski definition) is 0. The Kier molecular flexibility index (Phi) is 2.92. The fourth-order valence-corrected chi connectivity index (χ4v) is 1.54. The van der Waals surface area contributed by atoms with E-state index in [4.69, 9.17) is 0 Å². The van der Waals surface area contributed by atoms with E-state index >= 15 is 0 Å². The smallest absolute Gasteiger partial charge is 0.338 e. The molecule has 0 amide bonds. The van der Waals surface area contributed by atoms with Crippen LogP contribution in [0, 0.1) is 0 Å². The molecule has 17 heavy (non-hydrogen) atoms. The Bertz CT molecular complexity index is 520. The van der Waals surface area contributed by atoms with Crippen molar-refractivity contribution in [3.8, 4) is 10.7 Å². The molecule has 0 saturated carbocycles. The third-order valence-corrected chi connectivity index (χ3v) is 2.52. The minimum absolute atomic E-state index is 0.123. The topological polar surface area (TPSA) is 68.9 Å². The van der Waals surface area contributed by atoms with Crippen molar-refractivity contribution in [1.29, 1.82) is 0 Å². The predicted octanol–water partition coefficient (Wildman–Crippen LogP) is 1.87. The Morgan fingerprint density at radius 1 is 1.47 bits per heavy atom. The van der Waals surface area contributed by atoms with Crippen molar-refractivity contribution in [2.24, 2.45) is 0 Å². The molecule has 0 aliphatic carbocycles. The van der Waals surface area contributed by atoms with Crippen LogP contribution in [0.25, 0.3) is 10.7 Å². The number of hydrogen-bond acceptors (Lipinski definition) is 6. The summed E-state index contributed by atoms with van der Waals surface area (Å²) in [5.74, 6) is -2.16. The van der Waals surface area contributed by atoms with Crippen LogP contribution in [-0.4, -0.2) is 27.1 Å². The largest absolute Gasteiger partial charge is 0.450 e. The van der Waals surface area contributed by atoms with Gasteiger partial charge in [0.05, 0.1) is 16.8 Å². The van der Waals surface area contributed by atoms with Crippen molar-refractivity contribution in [2.75, 3.05) is 0 Å². The maximum absolute atomic E-state index is 12.0. The number of rotatable bonds is 3. The van der Waals surface area contributed by atoms with E-state index < -0.39 is 18.4 Å². The lowest BCUT2D eigenvalue weighted by Crippen LogP contribution is -2.24. The quantitative estimate of drug-likeness (QED) is 0.845. The van der Waals surface area contributed by atoms with E-state index in [1.54, 1.807) is 0 Å². The zero-order valence-corrected chi connectivity index (χ0v) is 8.88. The average Bonchev–Trinajstić information content (AvgIpc) is 2.83. The van der Waals surface area contributed by atoms with Gasteiger partial charge in [0.25, 0.3) is 0 Å². The fraction of sp³-hybridized carbons (Fsp3) is 0.250. The van der Waals surface area contributed by atoms with Crippen molar-refractivity contribution in [3.05, 3.63) is 17.6 Å². The molecule has 0 saturated heterocycles. The highest BCUT2D eigenvalue weighted by molar-refractivity contribution is 7.13. The first-order valence-electron chi connectivity index (χ1n) is 4.28. The van der Waals surface area contributed by atoms with E-state index in [-0.39, 0.29) is 11.7 Å². The summed E-state index contributed by atoms with van der Waals surface area (Å²) in [6.07, 6.45) is -4.39. The molecule has 0 aliphatic rings. The number of carbonyl (C=O) groups excluding carboxylic acids is 1. The number of alkyl halides is 3. The zero-order chi connectivity index (χ0) is 12.5. The predicted molar refractivity (Wildman–Crippen MR) is 50.2 cm³/mol. The molecular formula is C8H4F3N3O2S. The molecule has 2 rings (SSSR count). The molecule has 2 heterocycles. The maximum Gasteiger partial charge on any atom is 0.450 e. The van der Waals surface area contributed by atoms with Crippen LogP contribution in [0.15, 0.2) is 16.2 Å². The van der Waals surface area contributed by atoms with E-state index in [1.807, 2.05) is 0 Å². The molecule has 0 aromatic carbocycles. The molecule has 0 atom stereocenters. The number of nitrogens with zero attached hydrogens (tertiary/aromatic N) is 3. The molecule has 2 aromatic rings. The molecular weight excluding hydrogens is 259 g/mol. The summed E-state index contributed by atoms with van der Waals surface area (Å²) >= 11 is 1.21. The van der Waals surface area contributed by atoms with Crippen molar-refractivity contribution >= 4 is 17.1 Å². The number of ketones is 1. The van der Waals surface area contributed by atoms with E-state index in [2.05, 4.69) is 19.6 Å².